The average molecular weight is 364 g/mol. The van der Waals surface area contributed by atoms with Crippen molar-refractivity contribution in [1.82, 2.24) is 0 Å². The molecule has 1 heterocycles. The topological polar surface area (TPSA) is 80.6 Å². The van der Waals surface area contributed by atoms with Crippen molar-refractivity contribution >= 4 is 28.4 Å². The van der Waals surface area contributed by atoms with Crippen molar-refractivity contribution in [3.63, 3.8) is 0 Å². The molecule has 9 heteroatoms. The normalized spacial score (nSPS) is 11.2. The first kappa shape index (κ1) is 17.3. The molecule has 3 aromatic rings. The molecule has 0 fully saturated rings. The van der Waals surface area contributed by atoms with Crippen molar-refractivity contribution in [1.29, 1.82) is 0 Å². The molecule has 134 valence electrons. The van der Waals surface area contributed by atoms with Gasteiger partial charge in [0.05, 0.1) is 0 Å². The largest absolute Gasteiger partial charge is 0.573 e. The maximum atomic E-state index is 12.2. The van der Waals surface area contributed by atoms with Gasteiger partial charge < -0.3 is 19.8 Å². The number of carbonyl (C=O) groups excluding carboxylic acids is 1. The number of hydrogen-bond donors (Lipinski definition) is 2. The Labute approximate surface area is 144 Å². The highest BCUT2D eigenvalue weighted by molar-refractivity contribution is 6.00. The van der Waals surface area contributed by atoms with Crippen LogP contribution >= 0.6 is 0 Å². The lowest BCUT2D eigenvalue weighted by atomic mass is 10.2. The number of halogens is 3. The van der Waals surface area contributed by atoms with E-state index < -0.39 is 23.8 Å². The van der Waals surface area contributed by atoms with E-state index in [2.05, 4.69) is 15.4 Å². The van der Waals surface area contributed by atoms with Gasteiger partial charge in [0.1, 0.15) is 11.3 Å². The molecule has 0 bridgehead atoms. The molecule has 0 spiro atoms. The van der Waals surface area contributed by atoms with Crippen LogP contribution in [0.3, 0.4) is 0 Å². The van der Waals surface area contributed by atoms with Crippen molar-refractivity contribution in [3.05, 3.63) is 65.0 Å². The van der Waals surface area contributed by atoms with Crippen molar-refractivity contribution in [3.8, 4) is 5.75 Å². The second-order valence-electron chi connectivity index (χ2n) is 5.16. The van der Waals surface area contributed by atoms with Gasteiger partial charge in [0.2, 0.25) is 0 Å². The molecule has 0 aliphatic carbocycles. The zero-order valence-corrected chi connectivity index (χ0v) is 13.0. The Morgan fingerprint density at radius 3 is 2.42 bits per heavy atom. The van der Waals surface area contributed by atoms with Gasteiger partial charge in [0.25, 0.3) is 0 Å². The number of amides is 2. The predicted molar refractivity (Wildman–Crippen MR) is 88.3 cm³/mol. The summed E-state index contributed by atoms with van der Waals surface area (Å²) < 4.78 is 45.5. The van der Waals surface area contributed by atoms with Crippen LogP contribution in [0.2, 0.25) is 0 Å². The average Bonchev–Trinajstić information content (AvgIpc) is 2.53. The fourth-order valence-corrected chi connectivity index (χ4v) is 2.21. The Hall–Kier alpha value is -3.49. The highest BCUT2D eigenvalue weighted by atomic mass is 19.4. The first-order chi connectivity index (χ1) is 12.3. The lowest BCUT2D eigenvalue weighted by molar-refractivity contribution is -0.274. The summed E-state index contributed by atoms with van der Waals surface area (Å²) in [5, 5.41) is 5.53. The SMILES string of the molecule is O=C(Nc1cccc(OC(F)(F)F)c1)Nc1ccc2oc(=O)ccc2c1. The lowest BCUT2D eigenvalue weighted by Gasteiger charge is -2.11. The smallest absolute Gasteiger partial charge is 0.423 e. The number of rotatable bonds is 3. The minimum atomic E-state index is -4.82. The van der Waals surface area contributed by atoms with Crippen molar-refractivity contribution in [2.75, 3.05) is 10.6 Å². The molecule has 2 N–H and O–H groups in total. The van der Waals surface area contributed by atoms with Crippen LogP contribution in [0.15, 0.2) is 63.8 Å². The number of anilines is 2. The molecule has 0 radical (unpaired) electrons. The van der Waals surface area contributed by atoms with E-state index in [1.54, 1.807) is 12.1 Å². The Bertz CT molecular complexity index is 1010. The van der Waals surface area contributed by atoms with Gasteiger partial charge in [-0.15, -0.1) is 13.2 Å². The molecule has 0 atom stereocenters. The summed E-state index contributed by atoms with van der Waals surface area (Å²) in [5.74, 6) is -0.448. The molecular formula is C17H11F3N2O4. The summed E-state index contributed by atoms with van der Waals surface area (Å²) in [7, 11) is 0. The van der Waals surface area contributed by atoms with Crippen LogP contribution in [-0.4, -0.2) is 12.4 Å². The van der Waals surface area contributed by atoms with Crippen LogP contribution < -0.4 is 21.0 Å². The number of benzene rings is 2. The molecule has 2 amide bonds. The van der Waals surface area contributed by atoms with Gasteiger partial charge in [0.15, 0.2) is 0 Å². The maximum absolute atomic E-state index is 12.2. The quantitative estimate of drug-likeness (QED) is 0.678. The van der Waals surface area contributed by atoms with Crippen molar-refractivity contribution < 1.29 is 27.1 Å². The summed E-state index contributed by atoms with van der Waals surface area (Å²) in [6.07, 6.45) is -4.82. The van der Waals surface area contributed by atoms with Gasteiger partial charge in [-0.05, 0) is 36.4 Å². The van der Waals surface area contributed by atoms with Crippen LogP contribution in [0.5, 0.6) is 5.75 Å². The number of hydrogen-bond acceptors (Lipinski definition) is 4. The summed E-state index contributed by atoms with van der Waals surface area (Å²) in [6, 6.07) is 11.6. The summed E-state index contributed by atoms with van der Waals surface area (Å²) >= 11 is 0. The van der Waals surface area contributed by atoms with E-state index in [0.29, 0.717) is 16.7 Å². The number of ether oxygens (including phenoxy) is 1. The Balaban J connectivity index is 1.70. The molecule has 0 saturated heterocycles. The summed E-state index contributed by atoms with van der Waals surface area (Å²) in [6.45, 7) is 0. The molecule has 0 aliphatic rings. The van der Waals surface area contributed by atoms with Gasteiger partial charge in [-0.2, -0.15) is 0 Å². The molecule has 6 nitrogen and oxygen atoms in total. The van der Waals surface area contributed by atoms with E-state index >= 15 is 0 Å². The molecule has 0 aliphatic heterocycles. The van der Waals surface area contributed by atoms with Crippen molar-refractivity contribution in [2.24, 2.45) is 0 Å². The summed E-state index contributed by atoms with van der Waals surface area (Å²) in [4.78, 5) is 23.1. The van der Waals surface area contributed by atoms with Gasteiger partial charge in [-0.3, -0.25) is 0 Å². The third-order valence-corrected chi connectivity index (χ3v) is 3.20. The predicted octanol–water partition coefficient (Wildman–Crippen LogP) is 4.34. The van der Waals surface area contributed by atoms with Gasteiger partial charge in [-0.25, -0.2) is 9.59 Å². The molecule has 0 saturated carbocycles. The molecule has 3 rings (SSSR count). The molecular weight excluding hydrogens is 353 g/mol. The van der Waals surface area contributed by atoms with Crippen molar-refractivity contribution in [2.45, 2.75) is 6.36 Å². The fraction of sp³-hybridized carbons (Fsp3) is 0.0588. The number of nitrogens with one attached hydrogen (secondary N) is 2. The zero-order valence-electron chi connectivity index (χ0n) is 13.0. The minimum Gasteiger partial charge on any atom is -0.423 e. The lowest BCUT2D eigenvalue weighted by Crippen LogP contribution is -2.20. The number of urea groups is 1. The molecule has 0 unspecified atom stereocenters. The number of fused-ring (bicyclic) bond motifs is 1. The van der Waals surface area contributed by atoms with Gasteiger partial charge in [-0.1, -0.05) is 6.07 Å². The highest BCUT2D eigenvalue weighted by Gasteiger charge is 2.31. The Morgan fingerprint density at radius 2 is 1.69 bits per heavy atom. The third kappa shape index (κ3) is 4.53. The first-order valence-electron chi connectivity index (χ1n) is 7.26. The van der Waals surface area contributed by atoms with Crippen LogP contribution in [0.25, 0.3) is 11.0 Å². The number of alkyl halides is 3. The molecule has 2 aromatic carbocycles. The highest BCUT2D eigenvalue weighted by Crippen LogP contribution is 2.25. The Morgan fingerprint density at radius 1 is 0.962 bits per heavy atom. The standard InChI is InChI=1S/C17H11F3N2O4/c18-17(19,20)26-13-3-1-2-11(9-13)21-16(24)22-12-5-6-14-10(8-12)4-7-15(23)25-14/h1-9H,(H2,21,22,24). The third-order valence-electron chi connectivity index (χ3n) is 3.20. The van der Waals surface area contributed by atoms with Gasteiger partial charge >= 0.3 is 18.0 Å². The van der Waals surface area contributed by atoms with Crippen LogP contribution in [0.1, 0.15) is 0 Å². The molecule has 26 heavy (non-hydrogen) atoms. The van der Waals surface area contributed by atoms with E-state index in [-0.39, 0.29) is 5.69 Å². The van der Waals surface area contributed by atoms with E-state index in [4.69, 9.17) is 4.42 Å². The summed E-state index contributed by atoms with van der Waals surface area (Å²) in [5.41, 5.74) is 0.403. The molecule has 1 aromatic heterocycles. The number of carbonyl (C=O) groups is 1. The zero-order chi connectivity index (χ0) is 18.7. The first-order valence-corrected chi connectivity index (χ1v) is 7.26. The van der Waals surface area contributed by atoms with E-state index in [1.807, 2.05) is 0 Å². The Kier molecular flexibility index (Phi) is 4.53. The van der Waals surface area contributed by atoms with Crippen LogP contribution in [0, 0.1) is 0 Å². The van der Waals surface area contributed by atoms with E-state index in [0.717, 1.165) is 12.1 Å². The maximum Gasteiger partial charge on any atom is 0.573 e. The minimum absolute atomic E-state index is 0.121. The van der Waals surface area contributed by atoms with Crippen LogP contribution in [-0.2, 0) is 0 Å². The monoisotopic (exact) mass is 364 g/mol. The van der Waals surface area contributed by atoms with E-state index in [9.17, 15) is 22.8 Å². The van der Waals surface area contributed by atoms with E-state index in [1.165, 1.54) is 30.3 Å². The second-order valence-corrected chi connectivity index (χ2v) is 5.16. The van der Waals surface area contributed by atoms with Gasteiger partial charge in [0, 0.05) is 28.9 Å². The van der Waals surface area contributed by atoms with Crippen LogP contribution in [0.4, 0.5) is 29.3 Å². The fourth-order valence-electron chi connectivity index (χ4n) is 2.21. The second kappa shape index (κ2) is 6.79.